The molecule has 2 aromatic rings. The molecule has 7 nitrogen and oxygen atoms in total. The van der Waals surface area contributed by atoms with E-state index in [-0.39, 0.29) is 10.9 Å². The monoisotopic (exact) mass is 348 g/mol. The number of urea groups is 1. The minimum atomic E-state index is -4.05. The van der Waals surface area contributed by atoms with Crippen LogP contribution in [0.5, 0.6) is 0 Å². The quantitative estimate of drug-likeness (QED) is 0.771. The maximum Gasteiger partial charge on any atom is 0.328 e. The highest BCUT2D eigenvalue weighted by atomic mass is 32.2. The number of anilines is 2. The van der Waals surface area contributed by atoms with Crippen molar-refractivity contribution in [3.8, 4) is 0 Å². The molecule has 0 bridgehead atoms. The molecule has 0 saturated carbocycles. The summed E-state index contributed by atoms with van der Waals surface area (Å²) < 4.78 is 26.9. The average molecular weight is 348 g/mol. The van der Waals surface area contributed by atoms with Crippen molar-refractivity contribution in [1.82, 2.24) is 15.0 Å². The largest absolute Gasteiger partial charge is 0.354 e. The number of carbonyl (C=O) groups is 1. The molecule has 0 aliphatic heterocycles. The molecule has 0 unspecified atom stereocenters. The minimum Gasteiger partial charge on any atom is -0.354 e. The van der Waals surface area contributed by atoms with E-state index in [9.17, 15) is 13.2 Å². The van der Waals surface area contributed by atoms with E-state index >= 15 is 0 Å². The summed E-state index contributed by atoms with van der Waals surface area (Å²) in [5, 5.41) is 5.50. The van der Waals surface area contributed by atoms with Crippen LogP contribution in [0.2, 0.25) is 0 Å². The number of hydrogen-bond donors (Lipinski definition) is 3. The van der Waals surface area contributed by atoms with Crippen LogP contribution in [-0.4, -0.2) is 25.5 Å². The van der Waals surface area contributed by atoms with Gasteiger partial charge in [0.1, 0.15) is 4.90 Å². The molecule has 2 amide bonds. The SMILES string of the molecule is Cc1ccc(Nc2ccncc2S(=O)(=O)NC(=O)NC(C)C)cc1. The van der Waals surface area contributed by atoms with Gasteiger partial charge in [-0.1, -0.05) is 17.7 Å². The van der Waals surface area contributed by atoms with Gasteiger partial charge in [-0.15, -0.1) is 0 Å². The van der Waals surface area contributed by atoms with Gasteiger partial charge >= 0.3 is 6.03 Å². The van der Waals surface area contributed by atoms with Crippen LogP contribution in [0.25, 0.3) is 0 Å². The van der Waals surface area contributed by atoms with Gasteiger partial charge in [-0.05, 0) is 39.0 Å². The Hall–Kier alpha value is -2.61. The van der Waals surface area contributed by atoms with Crippen molar-refractivity contribution in [1.29, 1.82) is 0 Å². The standard InChI is InChI=1S/C16H20N4O3S/c1-11(2)18-16(21)20-24(22,23)15-10-17-9-8-14(15)19-13-6-4-12(3)5-7-13/h4-11H,1-3H3,(H,17,19)(H2,18,20,21). The van der Waals surface area contributed by atoms with Crippen molar-refractivity contribution in [2.75, 3.05) is 5.32 Å². The molecule has 0 fully saturated rings. The van der Waals surface area contributed by atoms with Gasteiger partial charge in [-0.25, -0.2) is 17.9 Å². The van der Waals surface area contributed by atoms with E-state index in [2.05, 4.69) is 15.6 Å². The number of benzene rings is 1. The number of aryl methyl sites for hydroxylation is 1. The van der Waals surface area contributed by atoms with Crippen LogP contribution in [0.15, 0.2) is 47.6 Å². The zero-order valence-electron chi connectivity index (χ0n) is 13.7. The number of carbonyl (C=O) groups excluding carboxylic acids is 1. The van der Waals surface area contributed by atoms with Crippen molar-refractivity contribution >= 4 is 27.4 Å². The van der Waals surface area contributed by atoms with Gasteiger partial charge in [-0.2, -0.15) is 0 Å². The zero-order valence-corrected chi connectivity index (χ0v) is 14.5. The average Bonchev–Trinajstić information content (AvgIpc) is 2.48. The number of aromatic nitrogens is 1. The Kier molecular flexibility index (Phi) is 5.40. The third-order valence-electron chi connectivity index (χ3n) is 3.05. The smallest absolute Gasteiger partial charge is 0.328 e. The summed E-state index contributed by atoms with van der Waals surface area (Å²) in [6.07, 6.45) is 2.67. The Bertz CT molecular complexity index is 817. The van der Waals surface area contributed by atoms with Crippen molar-refractivity contribution in [3.05, 3.63) is 48.3 Å². The first-order valence-electron chi connectivity index (χ1n) is 7.39. The second-order valence-corrected chi connectivity index (χ2v) is 7.25. The van der Waals surface area contributed by atoms with E-state index in [1.54, 1.807) is 13.8 Å². The molecule has 0 atom stereocenters. The van der Waals surface area contributed by atoms with E-state index < -0.39 is 16.1 Å². The van der Waals surface area contributed by atoms with Gasteiger partial charge in [0, 0.05) is 24.1 Å². The molecule has 1 heterocycles. The normalized spacial score (nSPS) is 11.2. The van der Waals surface area contributed by atoms with Crippen molar-refractivity contribution < 1.29 is 13.2 Å². The van der Waals surface area contributed by atoms with Gasteiger partial charge in [0.15, 0.2) is 0 Å². The van der Waals surface area contributed by atoms with E-state index in [0.29, 0.717) is 5.69 Å². The van der Waals surface area contributed by atoms with E-state index in [4.69, 9.17) is 0 Å². The highest BCUT2D eigenvalue weighted by molar-refractivity contribution is 7.90. The Morgan fingerprint density at radius 2 is 1.79 bits per heavy atom. The first kappa shape index (κ1) is 17.7. The summed E-state index contributed by atoms with van der Waals surface area (Å²) in [7, 11) is -4.05. The maximum atomic E-state index is 12.4. The molecule has 2 rings (SSSR count). The van der Waals surface area contributed by atoms with Crippen LogP contribution in [-0.2, 0) is 10.0 Å². The number of hydrogen-bond acceptors (Lipinski definition) is 5. The predicted molar refractivity (Wildman–Crippen MR) is 92.7 cm³/mol. The molecule has 0 aliphatic carbocycles. The van der Waals surface area contributed by atoms with Crippen molar-refractivity contribution in [3.63, 3.8) is 0 Å². The number of sulfonamides is 1. The Morgan fingerprint density at radius 3 is 2.42 bits per heavy atom. The van der Waals surface area contributed by atoms with Crippen molar-refractivity contribution in [2.45, 2.75) is 31.7 Å². The third-order valence-corrected chi connectivity index (χ3v) is 4.41. The second-order valence-electron chi connectivity index (χ2n) is 5.60. The highest BCUT2D eigenvalue weighted by Crippen LogP contribution is 2.24. The molecule has 128 valence electrons. The first-order valence-corrected chi connectivity index (χ1v) is 8.87. The van der Waals surface area contributed by atoms with Gasteiger partial charge in [0.05, 0.1) is 5.69 Å². The summed E-state index contributed by atoms with van der Waals surface area (Å²) in [5.41, 5.74) is 2.16. The summed E-state index contributed by atoms with van der Waals surface area (Å²) in [5.74, 6) is 0. The Labute approximate surface area is 141 Å². The molecule has 1 aromatic heterocycles. The van der Waals surface area contributed by atoms with Gasteiger partial charge in [0.2, 0.25) is 0 Å². The van der Waals surface area contributed by atoms with Gasteiger partial charge < -0.3 is 10.6 Å². The van der Waals surface area contributed by atoms with Crippen molar-refractivity contribution in [2.24, 2.45) is 0 Å². The Morgan fingerprint density at radius 1 is 1.12 bits per heavy atom. The van der Waals surface area contributed by atoms with E-state index in [1.807, 2.05) is 35.9 Å². The molecule has 8 heteroatoms. The highest BCUT2D eigenvalue weighted by Gasteiger charge is 2.22. The molecule has 0 aliphatic rings. The second kappa shape index (κ2) is 7.31. The lowest BCUT2D eigenvalue weighted by molar-refractivity contribution is 0.243. The fourth-order valence-electron chi connectivity index (χ4n) is 1.96. The lowest BCUT2D eigenvalue weighted by atomic mass is 10.2. The number of amides is 2. The molecule has 1 aromatic carbocycles. The Balaban J connectivity index is 2.27. The van der Waals surface area contributed by atoms with Crippen LogP contribution >= 0.6 is 0 Å². The first-order chi connectivity index (χ1) is 11.3. The van der Waals surface area contributed by atoms with Gasteiger partial charge in [0.25, 0.3) is 10.0 Å². The molecule has 0 radical (unpaired) electrons. The molecular weight excluding hydrogens is 328 g/mol. The van der Waals surface area contributed by atoms with Crippen LogP contribution in [0.4, 0.5) is 16.2 Å². The number of nitrogens with zero attached hydrogens (tertiary/aromatic N) is 1. The number of nitrogens with one attached hydrogen (secondary N) is 3. The summed E-state index contributed by atoms with van der Waals surface area (Å²) in [6, 6.07) is 8.07. The summed E-state index contributed by atoms with van der Waals surface area (Å²) in [4.78, 5) is 15.4. The molecule has 0 saturated heterocycles. The summed E-state index contributed by atoms with van der Waals surface area (Å²) >= 11 is 0. The molecule has 0 spiro atoms. The van der Waals surface area contributed by atoms with Crippen LogP contribution in [0.1, 0.15) is 19.4 Å². The van der Waals surface area contributed by atoms with Gasteiger partial charge in [-0.3, -0.25) is 4.98 Å². The topological polar surface area (TPSA) is 100 Å². The maximum absolute atomic E-state index is 12.4. The number of rotatable bonds is 5. The van der Waals surface area contributed by atoms with Crippen LogP contribution in [0.3, 0.4) is 0 Å². The minimum absolute atomic E-state index is 0.107. The van der Waals surface area contributed by atoms with Crippen LogP contribution in [0, 0.1) is 6.92 Å². The van der Waals surface area contributed by atoms with E-state index in [0.717, 1.165) is 11.3 Å². The lowest BCUT2D eigenvalue weighted by Crippen LogP contribution is -2.42. The fraction of sp³-hybridized carbons (Fsp3) is 0.250. The summed E-state index contributed by atoms with van der Waals surface area (Å²) in [6.45, 7) is 5.44. The fourth-order valence-corrected chi connectivity index (χ4v) is 2.98. The molecule has 24 heavy (non-hydrogen) atoms. The predicted octanol–water partition coefficient (Wildman–Crippen LogP) is 2.53. The number of pyridine rings is 1. The molecule has 3 N–H and O–H groups in total. The lowest BCUT2D eigenvalue weighted by Gasteiger charge is -2.14. The zero-order chi connectivity index (χ0) is 17.7. The third kappa shape index (κ3) is 4.69. The van der Waals surface area contributed by atoms with Crippen LogP contribution < -0.4 is 15.4 Å². The van der Waals surface area contributed by atoms with E-state index in [1.165, 1.54) is 18.5 Å². The molecular formula is C16H20N4O3S.